The zero-order valence-corrected chi connectivity index (χ0v) is 14.5. The number of aromatic nitrogens is 2. The maximum Gasteiger partial charge on any atom is 0.133 e. The molecule has 1 aromatic carbocycles. The van der Waals surface area contributed by atoms with E-state index in [2.05, 4.69) is 64.1 Å². The Hall–Kier alpha value is -1.26. The van der Waals surface area contributed by atoms with Gasteiger partial charge in [0.2, 0.25) is 0 Å². The molecule has 0 atom stereocenters. The molecule has 1 aromatic heterocycles. The number of benzene rings is 1. The second kappa shape index (κ2) is 7.66. The van der Waals surface area contributed by atoms with Crippen molar-refractivity contribution in [3.63, 3.8) is 0 Å². The highest BCUT2D eigenvalue weighted by atomic mass is 79.9. The van der Waals surface area contributed by atoms with Crippen molar-refractivity contribution in [2.75, 3.05) is 13.1 Å². The first kappa shape index (κ1) is 16.1. The molecule has 1 N–H and O–H groups in total. The molecular formula is C17H22BrN3. The molecule has 0 bridgehead atoms. The topological polar surface area (TPSA) is 37.8 Å². The van der Waals surface area contributed by atoms with Crippen LogP contribution >= 0.6 is 15.9 Å². The summed E-state index contributed by atoms with van der Waals surface area (Å²) in [5, 5.41) is 3.35. The maximum absolute atomic E-state index is 4.68. The van der Waals surface area contributed by atoms with Crippen molar-refractivity contribution < 1.29 is 0 Å². The lowest BCUT2D eigenvalue weighted by atomic mass is 10.1. The summed E-state index contributed by atoms with van der Waals surface area (Å²) in [6, 6.07) is 8.31. The Kier molecular flexibility index (Phi) is 5.88. The molecule has 0 saturated heterocycles. The second-order valence-electron chi connectivity index (χ2n) is 5.20. The van der Waals surface area contributed by atoms with E-state index in [-0.39, 0.29) is 0 Å². The zero-order chi connectivity index (χ0) is 15.2. The van der Waals surface area contributed by atoms with Crippen molar-refractivity contribution in [1.29, 1.82) is 0 Å². The average molecular weight is 348 g/mol. The molecule has 112 valence electrons. The van der Waals surface area contributed by atoms with Crippen LogP contribution in [0.5, 0.6) is 0 Å². The SMILES string of the molecule is CCNCCc1c(C)nc(Cc2cccc(Br)c2)nc1C. The third-order valence-corrected chi connectivity index (χ3v) is 4.01. The zero-order valence-electron chi connectivity index (χ0n) is 12.9. The lowest BCUT2D eigenvalue weighted by molar-refractivity contribution is 0.705. The van der Waals surface area contributed by atoms with Gasteiger partial charge in [0.25, 0.3) is 0 Å². The van der Waals surface area contributed by atoms with Gasteiger partial charge in [-0.1, -0.05) is 35.0 Å². The first-order chi connectivity index (χ1) is 10.1. The summed E-state index contributed by atoms with van der Waals surface area (Å²) in [4.78, 5) is 9.37. The van der Waals surface area contributed by atoms with Crippen molar-refractivity contribution in [3.05, 3.63) is 57.1 Å². The van der Waals surface area contributed by atoms with Gasteiger partial charge in [0.05, 0.1) is 0 Å². The fourth-order valence-electron chi connectivity index (χ4n) is 2.47. The number of hydrogen-bond acceptors (Lipinski definition) is 3. The monoisotopic (exact) mass is 347 g/mol. The van der Waals surface area contributed by atoms with Crippen LogP contribution in [0.4, 0.5) is 0 Å². The molecule has 2 rings (SSSR count). The van der Waals surface area contributed by atoms with Crippen LogP contribution in [0.2, 0.25) is 0 Å². The van der Waals surface area contributed by atoms with Gasteiger partial charge in [0.15, 0.2) is 0 Å². The summed E-state index contributed by atoms with van der Waals surface area (Å²) in [7, 11) is 0. The second-order valence-corrected chi connectivity index (χ2v) is 6.12. The minimum absolute atomic E-state index is 0.772. The maximum atomic E-state index is 4.68. The molecule has 0 aliphatic rings. The Bertz CT molecular complexity index is 588. The van der Waals surface area contributed by atoms with Gasteiger partial charge >= 0.3 is 0 Å². The molecule has 0 aliphatic heterocycles. The number of nitrogens with zero attached hydrogens (tertiary/aromatic N) is 2. The van der Waals surface area contributed by atoms with E-state index < -0.39 is 0 Å². The standard InChI is InChI=1S/C17H22BrN3/c1-4-19-9-8-16-12(2)20-17(21-13(16)3)11-14-6-5-7-15(18)10-14/h5-7,10,19H,4,8-9,11H2,1-3H3. The third kappa shape index (κ3) is 4.61. The lowest BCUT2D eigenvalue weighted by Crippen LogP contribution is -2.18. The van der Waals surface area contributed by atoms with Gasteiger partial charge < -0.3 is 5.32 Å². The number of nitrogens with one attached hydrogen (secondary N) is 1. The van der Waals surface area contributed by atoms with Crippen LogP contribution in [0, 0.1) is 13.8 Å². The molecule has 0 fully saturated rings. The van der Waals surface area contributed by atoms with E-state index >= 15 is 0 Å². The lowest BCUT2D eigenvalue weighted by Gasteiger charge is -2.11. The third-order valence-electron chi connectivity index (χ3n) is 3.52. The number of likely N-dealkylation sites (N-methyl/N-ethyl adjacent to an activating group) is 1. The molecular weight excluding hydrogens is 326 g/mol. The van der Waals surface area contributed by atoms with E-state index in [1.807, 2.05) is 12.1 Å². The van der Waals surface area contributed by atoms with Crippen LogP contribution in [0.15, 0.2) is 28.7 Å². The van der Waals surface area contributed by atoms with Gasteiger partial charge in [-0.05, 0) is 56.6 Å². The summed E-state index contributed by atoms with van der Waals surface area (Å²) >= 11 is 3.50. The largest absolute Gasteiger partial charge is 0.317 e. The fraction of sp³-hybridized carbons (Fsp3) is 0.412. The summed E-state index contributed by atoms with van der Waals surface area (Å²) < 4.78 is 1.09. The number of aryl methyl sites for hydroxylation is 2. The molecule has 0 aliphatic carbocycles. The molecule has 21 heavy (non-hydrogen) atoms. The van der Waals surface area contributed by atoms with E-state index in [4.69, 9.17) is 0 Å². The summed E-state index contributed by atoms with van der Waals surface area (Å²) in [6.45, 7) is 8.27. The Morgan fingerprint density at radius 3 is 2.48 bits per heavy atom. The summed E-state index contributed by atoms with van der Waals surface area (Å²) in [5.41, 5.74) is 4.70. The number of hydrogen-bond donors (Lipinski definition) is 1. The van der Waals surface area contributed by atoms with Crippen molar-refractivity contribution in [2.45, 2.75) is 33.6 Å². The van der Waals surface area contributed by atoms with E-state index in [9.17, 15) is 0 Å². The minimum Gasteiger partial charge on any atom is -0.317 e. The smallest absolute Gasteiger partial charge is 0.133 e. The Morgan fingerprint density at radius 1 is 1.14 bits per heavy atom. The highest BCUT2D eigenvalue weighted by Gasteiger charge is 2.09. The highest BCUT2D eigenvalue weighted by Crippen LogP contribution is 2.16. The van der Waals surface area contributed by atoms with Crippen LogP contribution in [-0.2, 0) is 12.8 Å². The molecule has 1 heterocycles. The van der Waals surface area contributed by atoms with Crippen molar-refractivity contribution >= 4 is 15.9 Å². The van der Waals surface area contributed by atoms with Gasteiger partial charge in [0, 0.05) is 22.3 Å². The van der Waals surface area contributed by atoms with E-state index in [1.165, 1.54) is 11.1 Å². The van der Waals surface area contributed by atoms with Gasteiger partial charge in [-0.25, -0.2) is 9.97 Å². The van der Waals surface area contributed by atoms with Gasteiger partial charge in [-0.3, -0.25) is 0 Å². The summed E-state index contributed by atoms with van der Waals surface area (Å²) in [6.07, 6.45) is 1.76. The van der Waals surface area contributed by atoms with E-state index in [0.29, 0.717) is 0 Å². The molecule has 0 amide bonds. The van der Waals surface area contributed by atoms with Crippen molar-refractivity contribution in [3.8, 4) is 0 Å². The predicted molar refractivity (Wildman–Crippen MR) is 90.7 cm³/mol. The van der Waals surface area contributed by atoms with Gasteiger partial charge in [0.1, 0.15) is 5.82 Å². The molecule has 3 nitrogen and oxygen atoms in total. The minimum atomic E-state index is 0.772. The van der Waals surface area contributed by atoms with Gasteiger partial charge in [-0.2, -0.15) is 0 Å². The number of rotatable bonds is 6. The molecule has 0 saturated carbocycles. The molecule has 4 heteroatoms. The molecule has 2 aromatic rings. The average Bonchev–Trinajstić information content (AvgIpc) is 2.42. The quantitative estimate of drug-likeness (QED) is 0.811. The first-order valence-electron chi connectivity index (χ1n) is 7.38. The van der Waals surface area contributed by atoms with Crippen LogP contribution in [0.3, 0.4) is 0 Å². The highest BCUT2D eigenvalue weighted by molar-refractivity contribution is 9.10. The molecule has 0 radical (unpaired) electrons. The molecule has 0 spiro atoms. The first-order valence-corrected chi connectivity index (χ1v) is 8.17. The van der Waals surface area contributed by atoms with Crippen LogP contribution < -0.4 is 5.32 Å². The van der Waals surface area contributed by atoms with Crippen molar-refractivity contribution in [1.82, 2.24) is 15.3 Å². The van der Waals surface area contributed by atoms with Crippen molar-refractivity contribution in [2.24, 2.45) is 0 Å². The van der Waals surface area contributed by atoms with Crippen LogP contribution in [0.25, 0.3) is 0 Å². The van der Waals surface area contributed by atoms with Gasteiger partial charge in [-0.15, -0.1) is 0 Å². The summed E-state index contributed by atoms with van der Waals surface area (Å²) in [5.74, 6) is 0.898. The number of halogens is 1. The van der Waals surface area contributed by atoms with Crippen LogP contribution in [0.1, 0.15) is 35.3 Å². The Balaban J connectivity index is 2.15. The van der Waals surface area contributed by atoms with E-state index in [1.54, 1.807) is 0 Å². The van der Waals surface area contributed by atoms with Crippen LogP contribution in [-0.4, -0.2) is 23.1 Å². The normalized spacial score (nSPS) is 10.9. The Morgan fingerprint density at radius 2 is 1.86 bits per heavy atom. The predicted octanol–water partition coefficient (Wildman–Crippen LogP) is 3.60. The van der Waals surface area contributed by atoms with E-state index in [0.717, 1.165) is 47.6 Å². The molecule has 0 unspecified atom stereocenters. The fourth-order valence-corrected chi connectivity index (χ4v) is 2.92. The Labute approximate surface area is 135 Å².